The molecule has 0 aliphatic carbocycles. The Morgan fingerprint density at radius 1 is 0.619 bits per heavy atom. The van der Waals surface area contributed by atoms with Crippen LogP contribution in [0.4, 0.5) is 9.59 Å². The van der Waals surface area contributed by atoms with Crippen molar-refractivity contribution in [2.75, 3.05) is 0 Å². The number of barbiturate groups is 2. The summed E-state index contributed by atoms with van der Waals surface area (Å²) in [4.78, 5) is 69.5. The van der Waals surface area contributed by atoms with E-state index in [1.165, 1.54) is 13.8 Å². The first-order chi connectivity index (χ1) is 9.64. The average Bonchev–Trinajstić information content (AvgIpc) is 2.23. The number of urea groups is 2. The maximum Gasteiger partial charge on any atom is 0.328 e. The highest BCUT2D eigenvalue weighted by Crippen LogP contribution is 2.37. The van der Waals surface area contributed by atoms with E-state index in [-0.39, 0.29) is 0 Å². The maximum atomic E-state index is 11.9. The Morgan fingerprint density at radius 3 is 1.10 bits per heavy atom. The predicted octanol–water partition coefficient (Wildman–Crippen LogP) is -2.02. The van der Waals surface area contributed by atoms with Crippen molar-refractivity contribution in [1.29, 1.82) is 0 Å². The van der Waals surface area contributed by atoms with E-state index in [4.69, 9.17) is 0 Å². The van der Waals surface area contributed by atoms with Crippen LogP contribution in [0.3, 0.4) is 0 Å². The summed E-state index contributed by atoms with van der Waals surface area (Å²) in [6.45, 7) is 2.71. The van der Waals surface area contributed by atoms with Crippen LogP contribution in [-0.2, 0) is 19.2 Å². The van der Waals surface area contributed by atoms with Gasteiger partial charge in [-0.2, -0.15) is 0 Å². The van der Waals surface area contributed by atoms with Crippen LogP contribution in [0.2, 0.25) is 0 Å². The number of rotatable bonds is 2. The fraction of sp³-hybridized carbons (Fsp3) is 0.455. The van der Waals surface area contributed by atoms with Crippen molar-refractivity contribution in [3.63, 3.8) is 0 Å². The van der Waals surface area contributed by atoms with Crippen LogP contribution >= 0.6 is 0 Å². The number of hydrogen-bond donors (Lipinski definition) is 4. The number of carbonyl (C=O) groups excluding carboxylic acids is 6. The van der Waals surface area contributed by atoms with Crippen LogP contribution in [0.1, 0.15) is 13.8 Å². The van der Waals surface area contributed by atoms with Crippen molar-refractivity contribution >= 4 is 35.7 Å². The quantitative estimate of drug-likeness (QED) is 0.432. The molecular formula is C11H12N4O6. The van der Waals surface area contributed by atoms with Crippen molar-refractivity contribution in [3.8, 4) is 0 Å². The third kappa shape index (κ3) is 2.35. The highest BCUT2D eigenvalue weighted by atomic mass is 16.2. The van der Waals surface area contributed by atoms with Crippen molar-refractivity contribution < 1.29 is 28.8 Å². The second kappa shape index (κ2) is 4.65. The van der Waals surface area contributed by atoms with E-state index in [9.17, 15) is 28.8 Å². The molecule has 4 N–H and O–H groups in total. The van der Waals surface area contributed by atoms with E-state index in [0.717, 1.165) is 0 Å². The van der Waals surface area contributed by atoms with Gasteiger partial charge in [0.25, 0.3) is 0 Å². The average molecular weight is 296 g/mol. The lowest BCUT2D eigenvalue weighted by atomic mass is 9.66. The van der Waals surface area contributed by atoms with Gasteiger partial charge in [0.05, 0.1) is 0 Å². The van der Waals surface area contributed by atoms with Crippen LogP contribution in [0.5, 0.6) is 0 Å². The zero-order chi connectivity index (χ0) is 15.9. The third-order valence-electron chi connectivity index (χ3n) is 3.48. The molecule has 0 unspecified atom stereocenters. The Morgan fingerprint density at radius 2 is 0.857 bits per heavy atom. The molecule has 2 rings (SSSR count). The molecule has 2 aliphatic heterocycles. The fourth-order valence-electron chi connectivity index (χ4n) is 2.56. The third-order valence-corrected chi connectivity index (χ3v) is 3.48. The maximum absolute atomic E-state index is 11.9. The summed E-state index contributed by atoms with van der Waals surface area (Å²) in [6.07, 6.45) is 0. The molecule has 0 aromatic heterocycles. The smallest absolute Gasteiger partial charge is 0.277 e. The summed E-state index contributed by atoms with van der Waals surface area (Å²) < 4.78 is 0. The van der Waals surface area contributed by atoms with Crippen LogP contribution in [0, 0.1) is 17.3 Å². The van der Waals surface area contributed by atoms with Crippen molar-refractivity contribution in [2.45, 2.75) is 13.8 Å². The Kier molecular flexibility index (Phi) is 3.24. The van der Waals surface area contributed by atoms with Gasteiger partial charge in [0, 0.05) is 5.41 Å². The zero-order valence-corrected chi connectivity index (χ0v) is 11.1. The van der Waals surface area contributed by atoms with Gasteiger partial charge in [0.2, 0.25) is 23.6 Å². The Hall–Kier alpha value is -2.78. The van der Waals surface area contributed by atoms with Gasteiger partial charge in [0.1, 0.15) is 11.8 Å². The predicted molar refractivity (Wildman–Crippen MR) is 64.1 cm³/mol. The Bertz CT molecular complexity index is 506. The molecule has 21 heavy (non-hydrogen) atoms. The van der Waals surface area contributed by atoms with E-state index in [2.05, 4.69) is 0 Å². The van der Waals surface area contributed by atoms with E-state index in [1.54, 1.807) is 0 Å². The molecule has 10 heteroatoms. The molecule has 2 fully saturated rings. The number of nitrogens with one attached hydrogen (secondary N) is 4. The molecular weight excluding hydrogens is 284 g/mol. The molecule has 2 saturated heterocycles. The first kappa shape index (κ1) is 14.6. The van der Waals surface area contributed by atoms with Crippen LogP contribution in [0.15, 0.2) is 0 Å². The molecule has 2 aliphatic rings. The lowest BCUT2D eigenvalue weighted by Crippen LogP contribution is -2.66. The van der Waals surface area contributed by atoms with Gasteiger partial charge in [0.15, 0.2) is 0 Å². The molecule has 0 aromatic rings. The molecule has 2 heterocycles. The van der Waals surface area contributed by atoms with Crippen molar-refractivity contribution in [2.24, 2.45) is 17.3 Å². The SMILES string of the molecule is CC(C)(C1C(=O)NC(=O)NC1=O)C1C(=O)NC(=O)NC1=O. The largest absolute Gasteiger partial charge is 0.328 e. The van der Waals surface area contributed by atoms with E-state index in [0.29, 0.717) is 0 Å². The Balaban J connectivity index is 2.36. The van der Waals surface area contributed by atoms with Crippen molar-refractivity contribution in [1.82, 2.24) is 21.3 Å². The molecule has 0 atom stereocenters. The lowest BCUT2D eigenvalue weighted by Gasteiger charge is -2.39. The van der Waals surface area contributed by atoms with Crippen LogP contribution in [0.25, 0.3) is 0 Å². The molecule has 112 valence electrons. The summed E-state index contributed by atoms with van der Waals surface area (Å²) in [5.74, 6) is -6.52. The van der Waals surface area contributed by atoms with Crippen LogP contribution in [-0.4, -0.2) is 35.7 Å². The summed E-state index contributed by atoms with van der Waals surface area (Å²) in [5, 5.41) is 7.61. The van der Waals surface area contributed by atoms with E-state index < -0.39 is 52.9 Å². The standard InChI is InChI=1S/C11H12N4O6/c1-11(2,3-5(16)12-9(20)13-6(3)17)4-7(18)14-10(21)15-8(4)19/h3-4H,1-2H3,(H2,12,13,16,17,20)(H2,14,15,18,19,21). The van der Waals surface area contributed by atoms with Crippen molar-refractivity contribution in [3.05, 3.63) is 0 Å². The number of imide groups is 4. The minimum absolute atomic E-state index is 0.911. The Labute approximate surface area is 118 Å². The molecule has 0 radical (unpaired) electrons. The van der Waals surface area contributed by atoms with Gasteiger partial charge in [-0.05, 0) is 0 Å². The van der Waals surface area contributed by atoms with Gasteiger partial charge in [-0.3, -0.25) is 40.4 Å². The molecule has 0 bridgehead atoms. The van der Waals surface area contributed by atoms with Gasteiger partial charge in [-0.15, -0.1) is 0 Å². The summed E-state index contributed by atoms with van der Waals surface area (Å²) in [7, 11) is 0. The molecule has 10 nitrogen and oxygen atoms in total. The van der Waals surface area contributed by atoms with Gasteiger partial charge in [-0.1, -0.05) is 13.8 Å². The van der Waals surface area contributed by atoms with Crippen LogP contribution < -0.4 is 21.3 Å². The molecule has 0 spiro atoms. The highest BCUT2D eigenvalue weighted by Gasteiger charge is 2.55. The first-order valence-corrected chi connectivity index (χ1v) is 5.96. The van der Waals surface area contributed by atoms with Gasteiger partial charge < -0.3 is 0 Å². The van der Waals surface area contributed by atoms with Gasteiger partial charge in [-0.25, -0.2) is 9.59 Å². The molecule has 0 aromatic carbocycles. The molecule has 8 amide bonds. The molecule has 0 saturated carbocycles. The second-order valence-corrected chi connectivity index (χ2v) is 5.30. The van der Waals surface area contributed by atoms with Gasteiger partial charge >= 0.3 is 12.1 Å². The number of amides is 8. The fourth-order valence-corrected chi connectivity index (χ4v) is 2.56. The first-order valence-electron chi connectivity index (χ1n) is 5.96. The summed E-state index contributed by atoms with van der Waals surface area (Å²) in [5.41, 5.74) is -1.45. The monoisotopic (exact) mass is 296 g/mol. The topological polar surface area (TPSA) is 151 Å². The van der Waals surface area contributed by atoms with E-state index in [1.807, 2.05) is 21.3 Å². The zero-order valence-electron chi connectivity index (χ0n) is 11.1. The minimum atomic E-state index is -1.45. The number of hydrogen-bond acceptors (Lipinski definition) is 6. The lowest BCUT2D eigenvalue weighted by molar-refractivity contribution is -0.149. The van der Waals surface area contributed by atoms with E-state index >= 15 is 0 Å². The minimum Gasteiger partial charge on any atom is -0.277 e. The normalized spacial score (nSPS) is 21.6. The number of carbonyl (C=O) groups is 6. The highest BCUT2D eigenvalue weighted by molar-refractivity contribution is 6.20. The summed E-state index contributed by atoms with van der Waals surface area (Å²) >= 11 is 0. The second-order valence-electron chi connectivity index (χ2n) is 5.30. The summed E-state index contributed by atoms with van der Waals surface area (Å²) in [6, 6.07) is -1.94.